The lowest BCUT2D eigenvalue weighted by molar-refractivity contribution is -0.112. The van der Waals surface area contributed by atoms with Gasteiger partial charge in [0.2, 0.25) is 0 Å². The molecule has 2 aromatic carbocycles. The Balaban J connectivity index is 1.98. The van der Waals surface area contributed by atoms with Gasteiger partial charge in [-0.3, -0.25) is 4.79 Å². The number of nitrogens with zero attached hydrogens (tertiary/aromatic N) is 1. The molecule has 0 heterocycles. The van der Waals surface area contributed by atoms with Crippen molar-refractivity contribution in [3.8, 4) is 6.07 Å². The molecule has 4 nitrogen and oxygen atoms in total. The minimum atomic E-state index is -0.513. The molecule has 5 heteroatoms. The molecule has 0 aliphatic heterocycles. The van der Waals surface area contributed by atoms with Crippen LogP contribution in [0, 0.1) is 17.1 Å². The second-order valence-electron chi connectivity index (χ2n) is 5.87. The van der Waals surface area contributed by atoms with Crippen molar-refractivity contribution in [2.24, 2.45) is 0 Å². The Hall–Kier alpha value is -3.13. The summed E-state index contributed by atoms with van der Waals surface area (Å²) in [6.45, 7) is 4.37. The largest absolute Gasteiger partial charge is 0.385 e. The van der Waals surface area contributed by atoms with Crippen molar-refractivity contribution in [3.63, 3.8) is 0 Å². The predicted molar refractivity (Wildman–Crippen MR) is 96.1 cm³/mol. The number of nitriles is 1. The molecule has 0 radical (unpaired) electrons. The third kappa shape index (κ3) is 5.18. The molecule has 128 valence electrons. The van der Waals surface area contributed by atoms with Gasteiger partial charge in [-0.05, 0) is 29.7 Å². The Morgan fingerprint density at radius 3 is 2.48 bits per heavy atom. The van der Waals surface area contributed by atoms with Crippen molar-refractivity contribution in [1.29, 1.82) is 5.26 Å². The average Bonchev–Trinajstić information content (AvgIpc) is 2.60. The highest BCUT2D eigenvalue weighted by Gasteiger charge is 2.09. The van der Waals surface area contributed by atoms with Crippen molar-refractivity contribution in [3.05, 3.63) is 77.2 Å². The van der Waals surface area contributed by atoms with Crippen LogP contribution < -0.4 is 10.6 Å². The zero-order valence-electron chi connectivity index (χ0n) is 14.2. The Morgan fingerprint density at radius 2 is 1.88 bits per heavy atom. The van der Waals surface area contributed by atoms with Crippen LogP contribution in [-0.2, 0) is 11.3 Å². The Labute approximate surface area is 147 Å². The monoisotopic (exact) mass is 337 g/mol. The first-order valence-corrected chi connectivity index (χ1v) is 7.99. The molecule has 25 heavy (non-hydrogen) atoms. The van der Waals surface area contributed by atoms with E-state index in [1.807, 2.05) is 18.2 Å². The number of anilines is 1. The maximum absolute atomic E-state index is 13.5. The van der Waals surface area contributed by atoms with Crippen LogP contribution in [0.25, 0.3) is 0 Å². The number of halogens is 1. The Kier molecular flexibility index (Phi) is 6.30. The van der Waals surface area contributed by atoms with Crippen LogP contribution in [0.15, 0.2) is 60.3 Å². The van der Waals surface area contributed by atoms with Gasteiger partial charge in [0, 0.05) is 24.0 Å². The maximum Gasteiger partial charge on any atom is 0.267 e. The topological polar surface area (TPSA) is 64.9 Å². The molecule has 0 unspecified atom stereocenters. The van der Waals surface area contributed by atoms with Crippen molar-refractivity contribution < 1.29 is 9.18 Å². The lowest BCUT2D eigenvalue weighted by Crippen LogP contribution is -2.17. The maximum atomic E-state index is 13.5. The minimum absolute atomic E-state index is 0.0794. The van der Waals surface area contributed by atoms with Crippen LogP contribution in [0.3, 0.4) is 0 Å². The zero-order chi connectivity index (χ0) is 18.2. The molecule has 0 bridgehead atoms. The van der Waals surface area contributed by atoms with Crippen molar-refractivity contribution >= 4 is 11.6 Å². The van der Waals surface area contributed by atoms with Gasteiger partial charge in [-0.2, -0.15) is 5.26 Å². The molecule has 2 rings (SSSR count). The summed E-state index contributed by atoms with van der Waals surface area (Å²) in [7, 11) is 0. The van der Waals surface area contributed by atoms with E-state index in [2.05, 4.69) is 24.5 Å². The second-order valence-corrected chi connectivity index (χ2v) is 5.87. The first-order valence-electron chi connectivity index (χ1n) is 7.99. The average molecular weight is 337 g/mol. The highest BCUT2D eigenvalue weighted by Crippen LogP contribution is 2.17. The number of nitrogens with one attached hydrogen (secondary N) is 2. The molecular weight excluding hydrogens is 317 g/mol. The summed E-state index contributed by atoms with van der Waals surface area (Å²) in [6, 6.07) is 15.6. The lowest BCUT2D eigenvalue weighted by atomic mass is 10.0. The molecule has 0 fully saturated rings. The molecule has 0 saturated carbocycles. The van der Waals surface area contributed by atoms with E-state index >= 15 is 0 Å². The van der Waals surface area contributed by atoms with Gasteiger partial charge >= 0.3 is 0 Å². The van der Waals surface area contributed by atoms with Crippen molar-refractivity contribution in [1.82, 2.24) is 5.32 Å². The van der Waals surface area contributed by atoms with Gasteiger partial charge in [-0.25, -0.2) is 4.39 Å². The number of carbonyl (C=O) groups excluding carboxylic acids is 1. The first-order chi connectivity index (χ1) is 12.0. The van der Waals surface area contributed by atoms with Gasteiger partial charge in [0.15, 0.2) is 0 Å². The summed E-state index contributed by atoms with van der Waals surface area (Å²) in [5.74, 6) is -0.445. The van der Waals surface area contributed by atoms with Gasteiger partial charge in [0.05, 0.1) is 0 Å². The first kappa shape index (κ1) is 18.2. The molecule has 2 N–H and O–H groups in total. The smallest absolute Gasteiger partial charge is 0.267 e. The molecule has 0 aliphatic carbocycles. The van der Waals surface area contributed by atoms with Crippen LogP contribution in [0.1, 0.15) is 30.9 Å². The molecule has 0 atom stereocenters. The number of carbonyl (C=O) groups is 1. The fraction of sp³-hybridized carbons (Fsp3) is 0.200. The molecule has 0 aliphatic rings. The summed E-state index contributed by atoms with van der Waals surface area (Å²) >= 11 is 0. The summed E-state index contributed by atoms with van der Waals surface area (Å²) in [5, 5.41) is 14.6. The van der Waals surface area contributed by atoms with E-state index in [-0.39, 0.29) is 17.9 Å². The quantitative estimate of drug-likeness (QED) is 0.616. The number of benzene rings is 2. The van der Waals surface area contributed by atoms with Crippen LogP contribution in [0.4, 0.5) is 10.1 Å². The fourth-order valence-electron chi connectivity index (χ4n) is 2.20. The second kappa shape index (κ2) is 8.65. The van der Waals surface area contributed by atoms with E-state index in [1.54, 1.807) is 30.3 Å². The number of hydrogen-bond donors (Lipinski definition) is 2. The Morgan fingerprint density at radius 1 is 1.20 bits per heavy atom. The summed E-state index contributed by atoms with van der Waals surface area (Å²) in [5.41, 5.74) is 2.16. The molecule has 1 amide bonds. The van der Waals surface area contributed by atoms with Crippen LogP contribution in [0.5, 0.6) is 0 Å². The van der Waals surface area contributed by atoms with E-state index in [4.69, 9.17) is 5.26 Å². The van der Waals surface area contributed by atoms with Crippen LogP contribution >= 0.6 is 0 Å². The summed E-state index contributed by atoms with van der Waals surface area (Å²) in [6.07, 6.45) is 1.30. The standard InChI is InChI=1S/C20H20FN3O/c1-14(2)15-7-9-18(10-8-15)24-20(25)17(11-22)13-23-12-16-5-3-4-6-19(16)21/h3-10,13-14,23H,12H2,1-2H3,(H,24,25)/b17-13-. The molecule has 2 aromatic rings. The van der Waals surface area contributed by atoms with Gasteiger partial charge in [0.25, 0.3) is 5.91 Å². The molecule has 0 aromatic heterocycles. The van der Waals surface area contributed by atoms with Gasteiger partial charge in [-0.1, -0.05) is 44.2 Å². The van der Waals surface area contributed by atoms with E-state index in [0.29, 0.717) is 17.2 Å². The number of hydrogen-bond acceptors (Lipinski definition) is 3. The van der Waals surface area contributed by atoms with Crippen LogP contribution in [-0.4, -0.2) is 5.91 Å². The third-order valence-corrected chi connectivity index (χ3v) is 3.70. The van der Waals surface area contributed by atoms with Gasteiger partial charge in [0.1, 0.15) is 17.5 Å². The summed E-state index contributed by atoms with van der Waals surface area (Å²) < 4.78 is 13.5. The SMILES string of the molecule is CC(C)c1ccc(NC(=O)/C(C#N)=C\NCc2ccccc2F)cc1. The normalized spacial score (nSPS) is 11.1. The van der Waals surface area contributed by atoms with Crippen LogP contribution in [0.2, 0.25) is 0 Å². The third-order valence-electron chi connectivity index (χ3n) is 3.70. The van der Waals surface area contributed by atoms with E-state index in [1.165, 1.54) is 17.8 Å². The van der Waals surface area contributed by atoms with E-state index in [9.17, 15) is 9.18 Å². The van der Waals surface area contributed by atoms with E-state index < -0.39 is 5.91 Å². The highest BCUT2D eigenvalue weighted by molar-refractivity contribution is 6.06. The Bertz CT molecular complexity index is 804. The molecular formula is C20H20FN3O. The van der Waals surface area contributed by atoms with Crippen molar-refractivity contribution in [2.75, 3.05) is 5.32 Å². The number of rotatable bonds is 6. The zero-order valence-corrected chi connectivity index (χ0v) is 14.2. The minimum Gasteiger partial charge on any atom is -0.385 e. The van der Waals surface area contributed by atoms with Gasteiger partial charge < -0.3 is 10.6 Å². The fourth-order valence-corrected chi connectivity index (χ4v) is 2.20. The highest BCUT2D eigenvalue weighted by atomic mass is 19.1. The molecule has 0 saturated heterocycles. The lowest BCUT2D eigenvalue weighted by Gasteiger charge is -2.08. The van der Waals surface area contributed by atoms with Crippen molar-refractivity contribution in [2.45, 2.75) is 26.3 Å². The molecule has 0 spiro atoms. The van der Waals surface area contributed by atoms with E-state index in [0.717, 1.165) is 0 Å². The number of amides is 1. The summed E-state index contributed by atoms with van der Waals surface area (Å²) in [4.78, 5) is 12.2. The van der Waals surface area contributed by atoms with Gasteiger partial charge in [-0.15, -0.1) is 0 Å². The predicted octanol–water partition coefficient (Wildman–Crippen LogP) is 4.08.